The van der Waals surface area contributed by atoms with E-state index in [2.05, 4.69) is 74.0 Å². The Morgan fingerprint density at radius 1 is 1.05 bits per heavy atom. The van der Waals surface area contributed by atoms with Gasteiger partial charge in [0.05, 0.1) is 19.3 Å². The quantitative estimate of drug-likeness (QED) is 0.248. The molecule has 0 saturated heterocycles. The van der Waals surface area contributed by atoms with E-state index in [0.29, 0.717) is 19.6 Å². The highest BCUT2D eigenvalue weighted by Crippen LogP contribution is 2.64. The molecule has 41 heavy (non-hydrogen) atoms. The van der Waals surface area contributed by atoms with E-state index in [-0.39, 0.29) is 17.8 Å². The van der Waals surface area contributed by atoms with Crippen LogP contribution in [-0.2, 0) is 34.1 Å². The van der Waals surface area contributed by atoms with Crippen molar-refractivity contribution in [2.45, 2.75) is 71.6 Å². The number of aryl methyl sites for hydroxylation is 4. The van der Waals surface area contributed by atoms with Gasteiger partial charge in [0.25, 0.3) is 0 Å². The Kier molecular flexibility index (Phi) is 8.31. The van der Waals surface area contributed by atoms with Crippen LogP contribution in [0.1, 0.15) is 70.5 Å². The third kappa shape index (κ3) is 6.68. The summed E-state index contributed by atoms with van der Waals surface area (Å²) in [5.41, 5.74) is 11.5. The number of ether oxygens (including phenoxy) is 1. The van der Waals surface area contributed by atoms with E-state index in [1.54, 1.807) is 0 Å². The Bertz CT molecular complexity index is 1550. The fourth-order valence-corrected chi connectivity index (χ4v) is 7.30. The summed E-state index contributed by atoms with van der Waals surface area (Å²) in [4.78, 5) is 11.5. The van der Waals surface area contributed by atoms with E-state index in [1.165, 1.54) is 38.9 Å². The molecule has 3 aromatic carbocycles. The summed E-state index contributed by atoms with van der Waals surface area (Å²) >= 11 is 0. The highest BCUT2D eigenvalue weighted by atomic mass is 32.2. The second-order valence-electron chi connectivity index (χ2n) is 12.1. The van der Waals surface area contributed by atoms with Crippen molar-refractivity contribution < 1.29 is 23.1 Å². The summed E-state index contributed by atoms with van der Waals surface area (Å²) in [7, 11) is -3.18. The number of carbonyl (C=O) groups is 1. The van der Waals surface area contributed by atoms with Gasteiger partial charge in [-0.05, 0) is 127 Å². The molecule has 218 valence electrons. The number of nitrogens with one attached hydrogen (secondary N) is 1. The van der Waals surface area contributed by atoms with Crippen LogP contribution in [-0.4, -0.2) is 38.9 Å². The largest absolute Gasteiger partial charge is 0.494 e. The van der Waals surface area contributed by atoms with Gasteiger partial charge in [-0.1, -0.05) is 36.4 Å². The molecule has 0 heterocycles. The van der Waals surface area contributed by atoms with Crippen LogP contribution >= 0.6 is 0 Å². The summed E-state index contributed by atoms with van der Waals surface area (Å²) in [5, 5.41) is 9.45. The first-order valence-corrected chi connectivity index (χ1v) is 16.5. The molecule has 2 aliphatic carbocycles. The fourth-order valence-electron chi connectivity index (χ4n) is 6.78. The summed E-state index contributed by atoms with van der Waals surface area (Å²) < 4.78 is 30.9. The Balaban J connectivity index is 1.26. The summed E-state index contributed by atoms with van der Waals surface area (Å²) in [6.07, 6.45) is 7.22. The van der Waals surface area contributed by atoms with Crippen molar-refractivity contribution in [3.05, 3.63) is 87.5 Å². The van der Waals surface area contributed by atoms with Crippen molar-refractivity contribution in [3.8, 4) is 16.9 Å². The lowest BCUT2D eigenvalue weighted by Gasteiger charge is -2.18. The van der Waals surface area contributed by atoms with Gasteiger partial charge in [0.2, 0.25) is 10.0 Å². The van der Waals surface area contributed by atoms with Crippen molar-refractivity contribution in [3.63, 3.8) is 0 Å². The molecule has 1 unspecified atom stereocenters. The molecule has 7 heteroatoms. The smallest absolute Gasteiger partial charge is 0.303 e. The summed E-state index contributed by atoms with van der Waals surface area (Å²) in [5.74, 6) is 0.274. The van der Waals surface area contributed by atoms with Gasteiger partial charge in [0, 0.05) is 12.5 Å². The molecule has 2 N–H and O–H groups in total. The first kappa shape index (κ1) is 29.3. The second kappa shape index (κ2) is 11.6. The van der Waals surface area contributed by atoms with E-state index >= 15 is 0 Å². The Morgan fingerprint density at radius 2 is 1.78 bits per heavy atom. The fraction of sp³-hybridized carbons (Fsp3) is 0.441. The highest BCUT2D eigenvalue weighted by molar-refractivity contribution is 7.88. The Hall–Kier alpha value is -3.16. The minimum Gasteiger partial charge on any atom is -0.494 e. The predicted octanol–water partition coefficient (Wildman–Crippen LogP) is 6.28. The van der Waals surface area contributed by atoms with Crippen LogP contribution in [0.25, 0.3) is 11.1 Å². The van der Waals surface area contributed by atoms with Crippen LogP contribution in [0.15, 0.2) is 48.5 Å². The van der Waals surface area contributed by atoms with Crippen LogP contribution in [0.3, 0.4) is 0 Å². The maximum absolute atomic E-state index is 11.5. The van der Waals surface area contributed by atoms with Crippen LogP contribution in [0.4, 0.5) is 0 Å². The first-order valence-electron chi connectivity index (χ1n) is 14.6. The van der Waals surface area contributed by atoms with Crippen LogP contribution in [0.2, 0.25) is 0 Å². The van der Waals surface area contributed by atoms with Gasteiger partial charge in [0.1, 0.15) is 5.75 Å². The van der Waals surface area contributed by atoms with Gasteiger partial charge in [-0.25, -0.2) is 13.1 Å². The average Bonchev–Trinajstić information content (AvgIpc) is 3.60. The predicted molar refractivity (Wildman–Crippen MR) is 163 cm³/mol. The van der Waals surface area contributed by atoms with Gasteiger partial charge in [-0.2, -0.15) is 0 Å². The van der Waals surface area contributed by atoms with E-state index in [0.717, 1.165) is 55.2 Å². The number of aliphatic carboxylic acids is 1. The molecular formula is C34H41NO5S. The highest BCUT2D eigenvalue weighted by Gasteiger charge is 2.54. The number of hydrogen-bond acceptors (Lipinski definition) is 4. The van der Waals surface area contributed by atoms with Gasteiger partial charge in [0.15, 0.2) is 0 Å². The lowest BCUT2D eigenvalue weighted by molar-refractivity contribution is -0.137. The molecule has 1 atom stereocenters. The third-order valence-electron chi connectivity index (χ3n) is 8.99. The molecular weight excluding hydrogens is 534 g/mol. The summed E-state index contributed by atoms with van der Waals surface area (Å²) in [6, 6.07) is 17.4. The van der Waals surface area contributed by atoms with Crippen molar-refractivity contribution in [1.82, 2.24) is 4.72 Å². The molecule has 3 aromatic rings. The lowest BCUT2D eigenvalue weighted by Crippen LogP contribution is -2.24. The zero-order valence-corrected chi connectivity index (χ0v) is 25.4. The molecule has 1 spiro atoms. The zero-order chi connectivity index (χ0) is 29.4. The van der Waals surface area contributed by atoms with Crippen LogP contribution in [0, 0.1) is 26.2 Å². The number of carboxylic acids is 1. The van der Waals surface area contributed by atoms with Crippen LogP contribution < -0.4 is 9.46 Å². The molecule has 1 fully saturated rings. The second-order valence-corrected chi connectivity index (χ2v) is 13.9. The third-order valence-corrected chi connectivity index (χ3v) is 9.72. The van der Waals surface area contributed by atoms with Crippen molar-refractivity contribution >= 4 is 16.0 Å². The molecule has 2 aliphatic rings. The van der Waals surface area contributed by atoms with Crippen molar-refractivity contribution in [1.29, 1.82) is 0 Å². The minimum absolute atomic E-state index is 0.170. The molecule has 0 amide bonds. The molecule has 0 bridgehead atoms. The average molecular weight is 576 g/mol. The van der Waals surface area contributed by atoms with Crippen molar-refractivity contribution in [2.24, 2.45) is 5.41 Å². The monoisotopic (exact) mass is 575 g/mol. The standard InChI is InChI=1S/C34H41NO5S/c1-22-17-28(40-16-6-15-35-41(4,38)39)18-23(2)33(22)29-8-5-7-26(24(29)3)11-9-25-10-12-30-27(19-25)21-34(13-14-34)31(30)20-32(36)37/h5,7-8,10,12,17-19,31,35H,6,9,11,13-16,20-21H2,1-4H3,(H,36,37). The van der Waals surface area contributed by atoms with E-state index in [1.807, 2.05) is 0 Å². The van der Waals surface area contributed by atoms with Crippen LogP contribution in [0.5, 0.6) is 5.75 Å². The number of hydrogen-bond donors (Lipinski definition) is 2. The maximum atomic E-state index is 11.5. The molecule has 6 nitrogen and oxygen atoms in total. The topological polar surface area (TPSA) is 92.7 Å². The number of benzene rings is 3. The van der Waals surface area contributed by atoms with Gasteiger partial charge < -0.3 is 9.84 Å². The van der Waals surface area contributed by atoms with Gasteiger partial charge in [-0.15, -0.1) is 0 Å². The number of carboxylic acid groups (broad SMARTS) is 1. The normalized spacial score (nSPS) is 17.0. The number of rotatable bonds is 12. The SMILES string of the molecule is Cc1cc(OCCCNS(C)(=O)=O)cc(C)c1-c1cccc(CCc2ccc3c(c2)CC2(CC2)C3CC(=O)O)c1C. The van der Waals surface area contributed by atoms with E-state index in [9.17, 15) is 18.3 Å². The Morgan fingerprint density at radius 3 is 2.44 bits per heavy atom. The molecule has 0 radical (unpaired) electrons. The first-order chi connectivity index (χ1) is 19.5. The number of sulfonamides is 1. The maximum Gasteiger partial charge on any atom is 0.303 e. The zero-order valence-electron chi connectivity index (χ0n) is 24.5. The number of fused-ring (bicyclic) bond motifs is 1. The van der Waals surface area contributed by atoms with E-state index in [4.69, 9.17) is 4.74 Å². The van der Waals surface area contributed by atoms with Gasteiger partial charge >= 0.3 is 5.97 Å². The lowest BCUT2D eigenvalue weighted by atomic mass is 9.86. The van der Waals surface area contributed by atoms with Gasteiger partial charge in [-0.3, -0.25) is 4.79 Å². The molecule has 0 aromatic heterocycles. The van der Waals surface area contributed by atoms with E-state index < -0.39 is 16.0 Å². The molecule has 5 rings (SSSR count). The molecule has 1 saturated carbocycles. The Labute approximate surface area is 244 Å². The summed E-state index contributed by atoms with van der Waals surface area (Å²) in [6.45, 7) is 7.24. The molecule has 0 aliphatic heterocycles. The minimum atomic E-state index is -3.18. The van der Waals surface area contributed by atoms with Crippen molar-refractivity contribution in [2.75, 3.05) is 19.4 Å².